The minimum atomic E-state index is -0.477. The average Bonchev–Trinajstić information content (AvgIpc) is 2.92. The van der Waals surface area contributed by atoms with Crippen LogP contribution in [0.4, 0.5) is 0 Å². The highest BCUT2D eigenvalue weighted by molar-refractivity contribution is 7.10. The number of hydrogen-bond donors (Lipinski definition) is 2. The molecular weight excluding hydrogens is 278 g/mol. The molecule has 0 saturated heterocycles. The van der Waals surface area contributed by atoms with E-state index in [-0.39, 0.29) is 0 Å². The molecule has 0 aliphatic heterocycles. The number of rotatable bonds is 5. The Labute approximate surface area is 129 Å². The molecular formula is C18H19NOS. The molecule has 0 fully saturated rings. The highest BCUT2D eigenvalue weighted by atomic mass is 32.1. The Morgan fingerprint density at radius 2 is 1.90 bits per heavy atom. The normalized spacial score (nSPS) is 12.7. The Balaban J connectivity index is 1.63. The second kappa shape index (κ2) is 6.39. The van der Waals surface area contributed by atoms with E-state index in [2.05, 4.69) is 48.0 Å². The molecule has 2 N–H and O–H groups in total. The molecule has 1 unspecified atom stereocenters. The number of aryl methyl sites for hydroxylation is 1. The van der Waals surface area contributed by atoms with Crippen LogP contribution in [0.15, 0.2) is 53.9 Å². The second-order valence-corrected chi connectivity index (χ2v) is 6.28. The number of thiophene rings is 1. The summed E-state index contributed by atoms with van der Waals surface area (Å²) in [5.74, 6) is 0. The fourth-order valence-corrected chi connectivity index (χ4v) is 3.32. The van der Waals surface area contributed by atoms with Crippen LogP contribution in [0.5, 0.6) is 0 Å². The first-order valence-corrected chi connectivity index (χ1v) is 8.02. The van der Waals surface area contributed by atoms with Gasteiger partial charge < -0.3 is 10.4 Å². The lowest BCUT2D eigenvalue weighted by molar-refractivity contribution is 0.174. The van der Waals surface area contributed by atoms with Crippen LogP contribution < -0.4 is 5.32 Å². The van der Waals surface area contributed by atoms with Crippen molar-refractivity contribution in [3.8, 4) is 0 Å². The minimum absolute atomic E-state index is 0.477. The molecule has 1 heterocycles. The Hall–Kier alpha value is -1.68. The molecule has 3 aromatic rings. The minimum Gasteiger partial charge on any atom is -0.387 e. The van der Waals surface area contributed by atoms with Gasteiger partial charge in [-0.3, -0.25) is 0 Å². The van der Waals surface area contributed by atoms with Crippen molar-refractivity contribution in [1.82, 2.24) is 5.32 Å². The van der Waals surface area contributed by atoms with E-state index in [9.17, 15) is 5.11 Å². The summed E-state index contributed by atoms with van der Waals surface area (Å²) in [6, 6.07) is 16.5. The predicted molar refractivity (Wildman–Crippen MR) is 89.7 cm³/mol. The van der Waals surface area contributed by atoms with Crippen LogP contribution in [0.25, 0.3) is 10.8 Å². The summed E-state index contributed by atoms with van der Waals surface area (Å²) in [5, 5.41) is 18.1. The number of fused-ring (bicyclic) bond motifs is 1. The Morgan fingerprint density at radius 3 is 2.67 bits per heavy atom. The van der Waals surface area contributed by atoms with Gasteiger partial charge in [-0.05, 0) is 46.3 Å². The van der Waals surface area contributed by atoms with Gasteiger partial charge in [0, 0.05) is 18.0 Å². The summed E-state index contributed by atoms with van der Waals surface area (Å²) in [6.45, 7) is 3.50. The average molecular weight is 297 g/mol. The number of benzene rings is 2. The molecule has 1 aromatic heterocycles. The molecule has 2 nitrogen and oxygen atoms in total. The number of aliphatic hydroxyl groups is 1. The summed E-state index contributed by atoms with van der Waals surface area (Å²) in [4.78, 5) is 1.33. The lowest BCUT2D eigenvalue weighted by atomic mass is 10.0. The SMILES string of the molecule is Cc1ccsc1CNCC(O)c1ccc2ccccc2c1. The molecule has 3 rings (SSSR count). The quantitative estimate of drug-likeness (QED) is 0.745. The second-order valence-electron chi connectivity index (χ2n) is 5.28. The van der Waals surface area contributed by atoms with Gasteiger partial charge in [-0.1, -0.05) is 36.4 Å². The Morgan fingerprint density at radius 1 is 1.10 bits per heavy atom. The van der Waals surface area contributed by atoms with E-state index >= 15 is 0 Å². The van der Waals surface area contributed by atoms with Crippen LogP contribution in [0, 0.1) is 6.92 Å². The topological polar surface area (TPSA) is 32.3 Å². The van der Waals surface area contributed by atoms with Gasteiger partial charge in [-0.15, -0.1) is 11.3 Å². The molecule has 1 atom stereocenters. The van der Waals surface area contributed by atoms with Gasteiger partial charge in [0.2, 0.25) is 0 Å². The van der Waals surface area contributed by atoms with E-state index in [4.69, 9.17) is 0 Å². The maximum Gasteiger partial charge on any atom is 0.0914 e. The Bertz CT molecular complexity index is 735. The molecule has 0 aliphatic carbocycles. The molecule has 0 radical (unpaired) electrons. The van der Waals surface area contributed by atoms with Crippen molar-refractivity contribution in [2.24, 2.45) is 0 Å². The van der Waals surface area contributed by atoms with E-state index in [1.807, 2.05) is 18.2 Å². The zero-order chi connectivity index (χ0) is 14.7. The summed E-state index contributed by atoms with van der Waals surface area (Å²) in [7, 11) is 0. The molecule has 0 saturated carbocycles. The van der Waals surface area contributed by atoms with E-state index in [0.717, 1.165) is 12.1 Å². The first-order valence-electron chi connectivity index (χ1n) is 7.14. The van der Waals surface area contributed by atoms with Crippen LogP contribution in [0.1, 0.15) is 22.1 Å². The highest BCUT2D eigenvalue weighted by Crippen LogP contribution is 2.20. The van der Waals surface area contributed by atoms with E-state index in [1.54, 1.807) is 11.3 Å². The van der Waals surface area contributed by atoms with E-state index < -0.39 is 6.10 Å². The van der Waals surface area contributed by atoms with Crippen molar-refractivity contribution in [1.29, 1.82) is 0 Å². The van der Waals surface area contributed by atoms with Crippen molar-refractivity contribution in [2.45, 2.75) is 19.6 Å². The van der Waals surface area contributed by atoms with Gasteiger partial charge in [-0.2, -0.15) is 0 Å². The molecule has 0 spiro atoms. The summed E-state index contributed by atoms with van der Waals surface area (Å²) >= 11 is 1.75. The van der Waals surface area contributed by atoms with Gasteiger partial charge in [0.05, 0.1) is 6.10 Å². The summed E-state index contributed by atoms with van der Waals surface area (Å²) < 4.78 is 0. The standard InChI is InChI=1S/C18H19NOS/c1-13-8-9-21-18(13)12-19-11-17(20)16-7-6-14-4-2-3-5-15(14)10-16/h2-10,17,19-20H,11-12H2,1H3. The van der Waals surface area contributed by atoms with Crippen LogP contribution in [-0.4, -0.2) is 11.7 Å². The van der Waals surface area contributed by atoms with Gasteiger partial charge in [0.25, 0.3) is 0 Å². The smallest absolute Gasteiger partial charge is 0.0914 e. The van der Waals surface area contributed by atoms with E-state index in [0.29, 0.717) is 6.54 Å². The van der Waals surface area contributed by atoms with Crippen LogP contribution in [0.3, 0.4) is 0 Å². The van der Waals surface area contributed by atoms with E-state index in [1.165, 1.54) is 21.2 Å². The van der Waals surface area contributed by atoms with Gasteiger partial charge in [0.1, 0.15) is 0 Å². The lowest BCUT2D eigenvalue weighted by Crippen LogP contribution is -2.20. The number of hydrogen-bond acceptors (Lipinski definition) is 3. The molecule has 0 bridgehead atoms. The largest absolute Gasteiger partial charge is 0.387 e. The summed E-state index contributed by atoms with van der Waals surface area (Å²) in [6.07, 6.45) is -0.477. The maximum atomic E-state index is 10.3. The van der Waals surface area contributed by atoms with Crippen molar-refractivity contribution in [3.63, 3.8) is 0 Å². The summed E-state index contributed by atoms with van der Waals surface area (Å²) in [5.41, 5.74) is 2.27. The van der Waals surface area contributed by atoms with Gasteiger partial charge in [-0.25, -0.2) is 0 Å². The molecule has 3 heteroatoms. The third kappa shape index (κ3) is 3.32. The predicted octanol–water partition coefficient (Wildman–Crippen LogP) is 4.03. The molecule has 0 aliphatic rings. The lowest BCUT2D eigenvalue weighted by Gasteiger charge is -2.13. The third-order valence-electron chi connectivity index (χ3n) is 3.75. The number of aliphatic hydroxyl groups excluding tert-OH is 1. The van der Waals surface area contributed by atoms with Crippen LogP contribution >= 0.6 is 11.3 Å². The molecule has 108 valence electrons. The van der Waals surface area contributed by atoms with Crippen molar-refractivity contribution in [2.75, 3.05) is 6.54 Å². The molecule has 21 heavy (non-hydrogen) atoms. The number of nitrogens with one attached hydrogen (secondary N) is 1. The maximum absolute atomic E-state index is 10.3. The highest BCUT2D eigenvalue weighted by Gasteiger charge is 2.08. The Kier molecular flexibility index (Phi) is 4.34. The third-order valence-corrected chi connectivity index (χ3v) is 4.77. The van der Waals surface area contributed by atoms with Crippen molar-refractivity contribution < 1.29 is 5.11 Å². The molecule has 2 aromatic carbocycles. The zero-order valence-electron chi connectivity index (χ0n) is 12.0. The molecule has 0 amide bonds. The monoisotopic (exact) mass is 297 g/mol. The first-order chi connectivity index (χ1) is 10.2. The van der Waals surface area contributed by atoms with Gasteiger partial charge in [0.15, 0.2) is 0 Å². The zero-order valence-corrected chi connectivity index (χ0v) is 12.9. The fourth-order valence-electron chi connectivity index (χ4n) is 2.44. The van der Waals surface area contributed by atoms with Crippen LogP contribution in [0.2, 0.25) is 0 Å². The van der Waals surface area contributed by atoms with Crippen LogP contribution in [-0.2, 0) is 6.54 Å². The van der Waals surface area contributed by atoms with Gasteiger partial charge >= 0.3 is 0 Å². The van der Waals surface area contributed by atoms with Crippen molar-refractivity contribution >= 4 is 22.1 Å². The van der Waals surface area contributed by atoms with Crippen molar-refractivity contribution in [3.05, 3.63) is 69.9 Å². The fraction of sp³-hybridized carbons (Fsp3) is 0.222. The first kappa shape index (κ1) is 14.3.